The Balaban J connectivity index is 1.51. The van der Waals surface area contributed by atoms with Crippen molar-refractivity contribution in [3.8, 4) is 0 Å². The van der Waals surface area contributed by atoms with Gasteiger partial charge in [-0.05, 0) is 30.4 Å². The fourth-order valence-electron chi connectivity index (χ4n) is 3.38. The lowest BCUT2D eigenvalue weighted by molar-refractivity contribution is 0.100. The number of rotatable bonds is 4. The van der Waals surface area contributed by atoms with E-state index in [4.69, 9.17) is 0 Å². The molecular formula is C16H24N2O2S2. The van der Waals surface area contributed by atoms with Gasteiger partial charge in [0.05, 0.1) is 11.5 Å². The van der Waals surface area contributed by atoms with Crippen molar-refractivity contribution in [2.24, 2.45) is 0 Å². The van der Waals surface area contributed by atoms with Gasteiger partial charge in [0.15, 0.2) is 9.84 Å². The van der Waals surface area contributed by atoms with E-state index in [-0.39, 0.29) is 6.04 Å². The highest BCUT2D eigenvalue weighted by molar-refractivity contribution is 7.98. The van der Waals surface area contributed by atoms with Crippen LogP contribution < -0.4 is 0 Å². The zero-order chi connectivity index (χ0) is 15.6. The van der Waals surface area contributed by atoms with E-state index < -0.39 is 9.84 Å². The largest absolute Gasteiger partial charge is 0.297 e. The normalized spacial score (nSPS) is 26.3. The highest BCUT2D eigenvalue weighted by atomic mass is 32.2. The Kier molecular flexibility index (Phi) is 5.12. The first-order valence-electron chi connectivity index (χ1n) is 7.85. The summed E-state index contributed by atoms with van der Waals surface area (Å²) in [6.07, 6.45) is 2.92. The van der Waals surface area contributed by atoms with E-state index >= 15 is 0 Å². The smallest absolute Gasteiger partial charge is 0.151 e. The van der Waals surface area contributed by atoms with Crippen LogP contribution in [0.1, 0.15) is 12.0 Å². The molecule has 0 saturated carbocycles. The quantitative estimate of drug-likeness (QED) is 0.781. The number of hydrogen-bond acceptors (Lipinski definition) is 5. The number of piperazine rings is 1. The molecule has 1 atom stereocenters. The predicted octanol–water partition coefficient (Wildman–Crippen LogP) is 1.71. The molecule has 0 N–H and O–H groups in total. The first-order chi connectivity index (χ1) is 10.6. The highest BCUT2D eigenvalue weighted by Gasteiger charge is 2.33. The summed E-state index contributed by atoms with van der Waals surface area (Å²) >= 11 is 1.78. The van der Waals surface area contributed by atoms with Gasteiger partial charge in [-0.3, -0.25) is 9.80 Å². The molecule has 4 nitrogen and oxygen atoms in total. The predicted molar refractivity (Wildman–Crippen MR) is 92.1 cm³/mol. The molecule has 0 bridgehead atoms. The Hall–Kier alpha value is -0.560. The van der Waals surface area contributed by atoms with Crippen molar-refractivity contribution in [1.82, 2.24) is 9.80 Å². The highest BCUT2D eigenvalue weighted by Crippen LogP contribution is 2.21. The Morgan fingerprint density at radius 1 is 1.23 bits per heavy atom. The number of nitrogens with zero attached hydrogens (tertiary/aromatic N) is 2. The summed E-state index contributed by atoms with van der Waals surface area (Å²) in [5.74, 6) is 0.738. The minimum atomic E-state index is -2.77. The number of hydrogen-bond donors (Lipinski definition) is 0. The molecule has 2 aliphatic heterocycles. The molecule has 0 aromatic heterocycles. The van der Waals surface area contributed by atoms with Crippen LogP contribution in [0.25, 0.3) is 0 Å². The maximum absolute atomic E-state index is 11.6. The molecule has 1 aromatic rings. The van der Waals surface area contributed by atoms with E-state index in [9.17, 15) is 8.42 Å². The van der Waals surface area contributed by atoms with Gasteiger partial charge in [-0.15, -0.1) is 11.8 Å². The molecule has 0 amide bonds. The Bertz CT molecular complexity index is 610. The average Bonchev–Trinajstić information content (AvgIpc) is 2.88. The van der Waals surface area contributed by atoms with E-state index in [0.29, 0.717) is 11.5 Å². The molecule has 2 fully saturated rings. The summed E-state index contributed by atoms with van der Waals surface area (Å²) in [4.78, 5) is 6.16. The van der Waals surface area contributed by atoms with Gasteiger partial charge in [0.2, 0.25) is 0 Å². The zero-order valence-corrected chi connectivity index (χ0v) is 14.7. The van der Waals surface area contributed by atoms with E-state index in [2.05, 4.69) is 40.3 Å². The second kappa shape index (κ2) is 6.91. The monoisotopic (exact) mass is 340 g/mol. The maximum atomic E-state index is 11.6. The lowest BCUT2D eigenvalue weighted by Crippen LogP contribution is -2.50. The molecule has 2 saturated heterocycles. The van der Waals surface area contributed by atoms with Gasteiger partial charge in [-0.2, -0.15) is 0 Å². The van der Waals surface area contributed by atoms with Crippen LogP contribution in [0.3, 0.4) is 0 Å². The van der Waals surface area contributed by atoms with Crippen LogP contribution in [0.2, 0.25) is 0 Å². The molecule has 122 valence electrons. The summed E-state index contributed by atoms with van der Waals surface area (Å²) < 4.78 is 23.2. The van der Waals surface area contributed by atoms with Gasteiger partial charge in [0, 0.05) is 43.7 Å². The Morgan fingerprint density at radius 3 is 2.64 bits per heavy atom. The molecule has 6 heteroatoms. The summed E-state index contributed by atoms with van der Waals surface area (Å²) in [5, 5.41) is 0. The van der Waals surface area contributed by atoms with Crippen LogP contribution in [0.15, 0.2) is 29.2 Å². The van der Waals surface area contributed by atoms with Gasteiger partial charge < -0.3 is 0 Å². The van der Waals surface area contributed by atoms with E-state index in [0.717, 1.165) is 39.1 Å². The second-order valence-electron chi connectivity index (χ2n) is 6.22. The third-order valence-electron chi connectivity index (χ3n) is 4.67. The molecule has 3 rings (SSSR count). The molecule has 0 spiro atoms. The van der Waals surface area contributed by atoms with Crippen molar-refractivity contribution in [1.29, 1.82) is 0 Å². The third-order valence-corrected chi connectivity index (χ3v) is 7.15. The molecule has 0 radical (unpaired) electrons. The summed E-state index contributed by atoms with van der Waals surface area (Å²) in [5.41, 5.74) is 1.36. The summed E-state index contributed by atoms with van der Waals surface area (Å²) in [7, 11) is -2.77. The fraction of sp³-hybridized carbons (Fsp3) is 0.625. The van der Waals surface area contributed by atoms with Crippen LogP contribution in [-0.2, 0) is 16.4 Å². The van der Waals surface area contributed by atoms with Gasteiger partial charge in [0.25, 0.3) is 0 Å². The molecule has 1 aromatic carbocycles. The van der Waals surface area contributed by atoms with E-state index in [1.54, 1.807) is 11.8 Å². The van der Waals surface area contributed by atoms with Crippen molar-refractivity contribution in [2.75, 3.05) is 43.9 Å². The second-order valence-corrected chi connectivity index (χ2v) is 9.33. The van der Waals surface area contributed by atoms with Gasteiger partial charge in [-0.1, -0.05) is 12.1 Å². The van der Waals surface area contributed by atoms with E-state index in [1.165, 1.54) is 10.5 Å². The van der Waals surface area contributed by atoms with Crippen molar-refractivity contribution >= 4 is 21.6 Å². The fourth-order valence-corrected chi connectivity index (χ4v) is 5.62. The molecular weight excluding hydrogens is 316 g/mol. The SMILES string of the molecule is CSc1cccc(CN2CCN([C@@H]3CCS(=O)(=O)C3)CC2)c1. The van der Waals surface area contributed by atoms with Crippen LogP contribution in [-0.4, -0.2) is 68.2 Å². The number of sulfone groups is 1. The van der Waals surface area contributed by atoms with Crippen LogP contribution >= 0.6 is 11.8 Å². The minimum Gasteiger partial charge on any atom is -0.297 e. The van der Waals surface area contributed by atoms with Crippen molar-refractivity contribution in [3.05, 3.63) is 29.8 Å². The average molecular weight is 341 g/mol. The van der Waals surface area contributed by atoms with Crippen LogP contribution in [0.5, 0.6) is 0 Å². The third kappa shape index (κ3) is 4.04. The summed E-state index contributed by atoms with van der Waals surface area (Å²) in [6, 6.07) is 8.98. The molecule has 22 heavy (non-hydrogen) atoms. The number of benzene rings is 1. The molecule has 0 aliphatic carbocycles. The lowest BCUT2D eigenvalue weighted by Gasteiger charge is -2.37. The van der Waals surface area contributed by atoms with Crippen LogP contribution in [0, 0.1) is 0 Å². The zero-order valence-electron chi connectivity index (χ0n) is 13.1. The lowest BCUT2D eigenvalue weighted by atomic mass is 10.1. The molecule has 0 unspecified atom stereocenters. The first kappa shape index (κ1) is 16.3. The van der Waals surface area contributed by atoms with Crippen molar-refractivity contribution in [3.63, 3.8) is 0 Å². The van der Waals surface area contributed by atoms with E-state index in [1.807, 2.05) is 0 Å². The number of thioether (sulfide) groups is 1. The molecule has 2 aliphatic rings. The first-order valence-corrected chi connectivity index (χ1v) is 10.9. The standard InChI is InChI=1S/C16H24N2O2S2/c1-21-16-4-2-3-14(11-16)12-17-6-8-18(9-7-17)15-5-10-22(19,20)13-15/h2-4,11,15H,5-10,12-13H2,1H3/t15-/m1/s1. The maximum Gasteiger partial charge on any atom is 0.151 e. The van der Waals surface area contributed by atoms with Gasteiger partial charge >= 0.3 is 0 Å². The molecule has 2 heterocycles. The Morgan fingerprint density at radius 2 is 2.00 bits per heavy atom. The van der Waals surface area contributed by atoms with Gasteiger partial charge in [-0.25, -0.2) is 8.42 Å². The Labute approximate surface area is 137 Å². The van der Waals surface area contributed by atoms with Crippen molar-refractivity contribution < 1.29 is 8.42 Å². The van der Waals surface area contributed by atoms with Crippen LogP contribution in [0.4, 0.5) is 0 Å². The minimum absolute atomic E-state index is 0.256. The van der Waals surface area contributed by atoms with Gasteiger partial charge in [0.1, 0.15) is 0 Å². The summed E-state index contributed by atoms with van der Waals surface area (Å²) in [6.45, 7) is 5.02. The van der Waals surface area contributed by atoms with Crippen molar-refractivity contribution in [2.45, 2.75) is 23.9 Å². The topological polar surface area (TPSA) is 40.6 Å².